The van der Waals surface area contributed by atoms with E-state index in [9.17, 15) is 14.4 Å². The minimum atomic E-state index is -0.563. The van der Waals surface area contributed by atoms with E-state index in [4.69, 9.17) is 14.2 Å². The summed E-state index contributed by atoms with van der Waals surface area (Å²) in [6.07, 6.45) is 1.46. The molecular weight excluding hydrogens is 350 g/mol. The third-order valence-electron chi connectivity index (χ3n) is 3.52. The number of pyridine rings is 1. The predicted molar refractivity (Wildman–Crippen MR) is 97.5 cm³/mol. The highest BCUT2D eigenvalue weighted by molar-refractivity contribution is 5.98. The Morgan fingerprint density at radius 1 is 0.741 bits per heavy atom. The van der Waals surface area contributed by atoms with Gasteiger partial charge in [0.1, 0.15) is 0 Å². The Bertz CT molecular complexity index is 810. The SMILES string of the molecule is CCOC(=O)c1cc(C(=O)OCC)cc(-c2cc(C(=O)OCC)ccn2)c1. The van der Waals surface area contributed by atoms with Crippen molar-refractivity contribution in [2.24, 2.45) is 0 Å². The molecule has 27 heavy (non-hydrogen) atoms. The van der Waals surface area contributed by atoms with Crippen LogP contribution in [0.2, 0.25) is 0 Å². The fourth-order valence-corrected chi connectivity index (χ4v) is 2.37. The van der Waals surface area contributed by atoms with Crippen LogP contribution in [0.4, 0.5) is 0 Å². The van der Waals surface area contributed by atoms with Crippen LogP contribution in [0.5, 0.6) is 0 Å². The molecule has 7 heteroatoms. The van der Waals surface area contributed by atoms with Crippen LogP contribution in [0.3, 0.4) is 0 Å². The van der Waals surface area contributed by atoms with Crippen LogP contribution in [0.25, 0.3) is 11.3 Å². The molecule has 0 aliphatic rings. The topological polar surface area (TPSA) is 91.8 Å². The molecule has 0 aliphatic heterocycles. The van der Waals surface area contributed by atoms with Gasteiger partial charge < -0.3 is 14.2 Å². The van der Waals surface area contributed by atoms with Crippen molar-refractivity contribution in [2.45, 2.75) is 20.8 Å². The number of carbonyl (C=O) groups excluding carboxylic acids is 3. The molecule has 2 rings (SSSR count). The second-order valence-corrected chi connectivity index (χ2v) is 5.39. The van der Waals surface area contributed by atoms with Gasteiger partial charge in [0.25, 0.3) is 0 Å². The Kier molecular flexibility index (Phi) is 7.05. The van der Waals surface area contributed by atoms with E-state index in [2.05, 4.69) is 4.98 Å². The average Bonchev–Trinajstić information content (AvgIpc) is 2.68. The Morgan fingerprint density at radius 3 is 1.70 bits per heavy atom. The maximum atomic E-state index is 12.2. The van der Waals surface area contributed by atoms with E-state index in [1.54, 1.807) is 32.9 Å². The first kappa shape index (κ1) is 20.1. The minimum absolute atomic E-state index is 0.195. The lowest BCUT2D eigenvalue weighted by atomic mass is 10.0. The van der Waals surface area contributed by atoms with Gasteiger partial charge in [0, 0.05) is 11.8 Å². The summed E-state index contributed by atoms with van der Waals surface area (Å²) in [5, 5.41) is 0. The Balaban J connectivity index is 2.51. The number of ether oxygens (including phenoxy) is 3. The van der Waals surface area contributed by atoms with Gasteiger partial charge in [-0.3, -0.25) is 4.98 Å². The van der Waals surface area contributed by atoms with Gasteiger partial charge >= 0.3 is 17.9 Å². The van der Waals surface area contributed by atoms with E-state index in [1.165, 1.54) is 24.4 Å². The van der Waals surface area contributed by atoms with Crippen LogP contribution >= 0.6 is 0 Å². The number of hydrogen-bond acceptors (Lipinski definition) is 7. The summed E-state index contributed by atoms with van der Waals surface area (Å²) in [5.41, 5.74) is 1.61. The summed E-state index contributed by atoms with van der Waals surface area (Å²) >= 11 is 0. The van der Waals surface area contributed by atoms with Crippen LogP contribution in [0, 0.1) is 0 Å². The van der Waals surface area contributed by atoms with E-state index in [0.717, 1.165) is 0 Å². The lowest BCUT2D eigenvalue weighted by Gasteiger charge is -2.10. The normalized spacial score (nSPS) is 10.2. The van der Waals surface area contributed by atoms with Crippen molar-refractivity contribution in [3.63, 3.8) is 0 Å². The lowest BCUT2D eigenvalue weighted by Crippen LogP contribution is -2.10. The number of carbonyl (C=O) groups is 3. The van der Waals surface area contributed by atoms with Crippen molar-refractivity contribution in [1.29, 1.82) is 0 Å². The Hall–Kier alpha value is -3.22. The summed E-state index contributed by atoms with van der Waals surface area (Å²) in [6.45, 7) is 5.76. The molecule has 142 valence electrons. The van der Waals surface area contributed by atoms with E-state index in [-0.39, 0.29) is 30.9 Å². The molecule has 7 nitrogen and oxygen atoms in total. The fourth-order valence-electron chi connectivity index (χ4n) is 2.37. The smallest absolute Gasteiger partial charge is 0.338 e. The van der Waals surface area contributed by atoms with Gasteiger partial charge in [-0.1, -0.05) is 0 Å². The molecule has 1 aromatic heterocycles. The van der Waals surface area contributed by atoms with E-state index in [0.29, 0.717) is 16.8 Å². The summed E-state index contributed by atoms with van der Waals surface area (Å²) in [6, 6.07) is 7.59. The third-order valence-corrected chi connectivity index (χ3v) is 3.52. The van der Waals surface area contributed by atoms with Crippen molar-refractivity contribution >= 4 is 17.9 Å². The van der Waals surface area contributed by atoms with E-state index >= 15 is 0 Å². The lowest BCUT2D eigenvalue weighted by molar-refractivity contribution is 0.0512. The van der Waals surface area contributed by atoms with Crippen LogP contribution in [-0.4, -0.2) is 42.7 Å². The molecule has 0 saturated carbocycles. The summed E-state index contributed by atoms with van der Waals surface area (Å²) in [7, 11) is 0. The molecule has 0 spiro atoms. The van der Waals surface area contributed by atoms with Crippen LogP contribution in [0.15, 0.2) is 36.5 Å². The maximum absolute atomic E-state index is 12.2. The number of benzene rings is 1. The van der Waals surface area contributed by atoms with Gasteiger partial charge in [-0.15, -0.1) is 0 Å². The molecule has 0 unspecified atom stereocenters. The van der Waals surface area contributed by atoms with Crippen molar-refractivity contribution in [3.05, 3.63) is 53.2 Å². The predicted octanol–water partition coefficient (Wildman–Crippen LogP) is 3.28. The van der Waals surface area contributed by atoms with E-state index < -0.39 is 17.9 Å². The second kappa shape index (κ2) is 9.47. The number of aromatic nitrogens is 1. The van der Waals surface area contributed by atoms with Gasteiger partial charge in [0.05, 0.1) is 42.2 Å². The molecular formula is C20H21NO6. The molecule has 0 atom stereocenters. The third kappa shape index (κ3) is 5.13. The highest BCUT2D eigenvalue weighted by Crippen LogP contribution is 2.23. The highest BCUT2D eigenvalue weighted by Gasteiger charge is 2.17. The zero-order valence-corrected chi connectivity index (χ0v) is 15.5. The number of hydrogen-bond donors (Lipinski definition) is 0. The molecule has 0 saturated heterocycles. The zero-order chi connectivity index (χ0) is 19.8. The molecule has 0 bridgehead atoms. The van der Waals surface area contributed by atoms with Crippen LogP contribution < -0.4 is 0 Å². The van der Waals surface area contributed by atoms with Gasteiger partial charge in [-0.2, -0.15) is 0 Å². The summed E-state index contributed by atoms with van der Waals surface area (Å²) in [4.78, 5) is 40.5. The standard InChI is InChI=1S/C20H21NO6/c1-4-25-18(22)13-7-8-21-17(12-13)14-9-15(19(23)26-5-2)11-16(10-14)20(24)27-6-3/h7-12H,4-6H2,1-3H3. The molecule has 0 N–H and O–H groups in total. The average molecular weight is 371 g/mol. The molecule has 1 aromatic carbocycles. The maximum Gasteiger partial charge on any atom is 0.338 e. The molecule has 0 fully saturated rings. The Morgan fingerprint density at radius 2 is 1.22 bits per heavy atom. The summed E-state index contributed by atoms with van der Waals surface area (Å²) in [5.74, 6) is -1.61. The fraction of sp³-hybridized carbons (Fsp3) is 0.300. The van der Waals surface area contributed by atoms with E-state index in [1.807, 2.05) is 0 Å². The number of esters is 3. The zero-order valence-electron chi connectivity index (χ0n) is 15.5. The first-order valence-electron chi connectivity index (χ1n) is 8.63. The number of nitrogens with zero attached hydrogens (tertiary/aromatic N) is 1. The van der Waals surface area contributed by atoms with Gasteiger partial charge in [-0.25, -0.2) is 14.4 Å². The first-order chi connectivity index (χ1) is 13.0. The monoisotopic (exact) mass is 371 g/mol. The molecule has 2 aromatic rings. The molecule has 1 heterocycles. The van der Waals surface area contributed by atoms with Crippen LogP contribution in [-0.2, 0) is 14.2 Å². The van der Waals surface area contributed by atoms with Gasteiger partial charge in [-0.05, 0) is 51.1 Å². The minimum Gasteiger partial charge on any atom is -0.462 e. The van der Waals surface area contributed by atoms with Crippen molar-refractivity contribution < 1.29 is 28.6 Å². The van der Waals surface area contributed by atoms with Crippen LogP contribution in [0.1, 0.15) is 51.8 Å². The largest absolute Gasteiger partial charge is 0.462 e. The second-order valence-electron chi connectivity index (χ2n) is 5.39. The quantitative estimate of drug-likeness (QED) is 0.545. The van der Waals surface area contributed by atoms with Crippen molar-refractivity contribution in [2.75, 3.05) is 19.8 Å². The molecule has 0 amide bonds. The van der Waals surface area contributed by atoms with Crippen molar-refractivity contribution in [3.8, 4) is 11.3 Å². The highest BCUT2D eigenvalue weighted by atomic mass is 16.5. The molecule has 0 radical (unpaired) electrons. The molecule has 0 aliphatic carbocycles. The summed E-state index contributed by atoms with van der Waals surface area (Å²) < 4.78 is 15.0. The van der Waals surface area contributed by atoms with Crippen molar-refractivity contribution in [1.82, 2.24) is 4.98 Å². The van der Waals surface area contributed by atoms with Gasteiger partial charge in [0.2, 0.25) is 0 Å². The van der Waals surface area contributed by atoms with Gasteiger partial charge in [0.15, 0.2) is 0 Å². The number of rotatable bonds is 7. The Labute approximate surface area is 157 Å². The first-order valence-corrected chi connectivity index (χ1v) is 8.63.